The van der Waals surface area contributed by atoms with Crippen LogP contribution in [-0.4, -0.2) is 42.2 Å². The van der Waals surface area contributed by atoms with Gasteiger partial charge in [0.15, 0.2) is 11.5 Å². The van der Waals surface area contributed by atoms with Crippen LogP contribution >= 0.6 is 31.9 Å². The van der Waals surface area contributed by atoms with E-state index < -0.39 is 11.0 Å². The van der Waals surface area contributed by atoms with Crippen LogP contribution in [0, 0.1) is 10.1 Å². The minimum Gasteiger partial charge on any atom is -0.491 e. The second-order valence-corrected chi connectivity index (χ2v) is 6.51. The highest BCUT2D eigenvalue weighted by atomic mass is 79.9. The van der Waals surface area contributed by atoms with Gasteiger partial charge in [-0.15, -0.1) is 0 Å². The maximum atomic E-state index is 11.7. The van der Waals surface area contributed by atoms with Crippen molar-refractivity contribution in [2.75, 3.05) is 32.0 Å². The first kappa shape index (κ1) is 19.3. The summed E-state index contributed by atoms with van der Waals surface area (Å²) in [5.41, 5.74) is 5.75. The highest BCUT2D eigenvalue weighted by molar-refractivity contribution is 9.11. The number of nitro benzene ring substituents is 1. The first-order valence-corrected chi connectivity index (χ1v) is 8.75. The zero-order valence-electron chi connectivity index (χ0n) is 13.2. The topological polar surface area (TPSA) is 117 Å². The maximum absolute atomic E-state index is 11.7. The van der Waals surface area contributed by atoms with Gasteiger partial charge in [-0.1, -0.05) is 0 Å². The second kappa shape index (κ2) is 8.39. The molecule has 1 amide bonds. The quantitative estimate of drug-likeness (QED) is 0.303. The van der Waals surface area contributed by atoms with Crippen LogP contribution in [0.4, 0.5) is 16.2 Å². The molecule has 2 rings (SSSR count). The number of nitrogen functional groups attached to an aromatic ring is 1. The standard InChI is InChI=1S/C14H15Br2N3O6/c1-2-23-14(20)18-3-4-24-8(6-18)7-25-10-5-9(15)13(19(21)22)11(16)12(10)17/h5,7H,2-4,6,17H2,1H3. The van der Waals surface area contributed by atoms with Crippen LogP contribution in [0.3, 0.4) is 0 Å². The molecule has 11 heteroatoms. The van der Waals surface area contributed by atoms with Crippen LogP contribution in [0.15, 0.2) is 27.0 Å². The molecule has 0 bridgehead atoms. The number of rotatable bonds is 4. The Morgan fingerprint density at radius 2 is 2.28 bits per heavy atom. The van der Waals surface area contributed by atoms with Gasteiger partial charge in [-0.25, -0.2) is 4.79 Å². The van der Waals surface area contributed by atoms with Crippen LogP contribution in [-0.2, 0) is 9.47 Å². The Morgan fingerprint density at radius 3 is 2.92 bits per heavy atom. The number of nitrogens with zero attached hydrogens (tertiary/aromatic N) is 2. The van der Waals surface area contributed by atoms with E-state index in [2.05, 4.69) is 31.9 Å². The first-order chi connectivity index (χ1) is 11.8. The zero-order chi connectivity index (χ0) is 18.6. The van der Waals surface area contributed by atoms with Crippen LogP contribution in [0.5, 0.6) is 5.75 Å². The number of nitrogens with two attached hydrogens (primary N) is 1. The molecule has 0 aliphatic carbocycles. The van der Waals surface area contributed by atoms with Crippen LogP contribution in [0.25, 0.3) is 0 Å². The van der Waals surface area contributed by atoms with Gasteiger partial charge in [-0.05, 0) is 38.8 Å². The summed E-state index contributed by atoms with van der Waals surface area (Å²) in [6.45, 7) is 2.91. The molecular weight excluding hydrogens is 466 g/mol. The van der Waals surface area contributed by atoms with Gasteiger partial charge in [0.2, 0.25) is 0 Å². The van der Waals surface area contributed by atoms with E-state index in [0.717, 1.165) is 0 Å². The Hall–Kier alpha value is -2.01. The summed E-state index contributed by atoms with van der Waals surface area (Å²) in [6.07, 6.45) is 0.874. The van der Waals surface area contributed by atoms with E-state index in [0.29, 0.717) is 18.9 Å². The van der Waals surface area contributed by atoms with E-state index in [-0.39, 0.29) is 39.2 Å². The van der Waals surface area contributed by atoms with Gasteiger partial charge in [0.25, 0.3) is 5.69 Å². The molecule has 1 heterocycles. The monoisotopic (exact) mass is 479 g/mol. The Balaban J connectivity index is 2.16. The number of benzene rings is 1. The Bertz CT molecular complexity index is 725. The third-order valence-corrected chi connectivity index (χ3v) is 4.62. The van der Waals surface area contributed by atoms with E-state index in [1.54, 1.807) is 6.92 Å². The summed E-state index contributed by atoms with van der Waals surface area (Å²) in [5.74, 6) is 0.609. The molecule has 0 unspecified atom stereocenters. The van der Waals surface area contributed by atoms with Gasteiger partial charge in [-0.3, -0.25) is 15.0 Å². The first-order valence-electron chi connectivity index (χ1n) is 7.17. The lowest BCUT2D eigenvalue weighted by molar-refractivity contribution is -0.386. The molecule has 136 valence electrons. The molecule has 9 nitrogen and oxygen atoms in total. The number of ether oxygens (including phenoxy) is 3. The highest BCUT2D eigenvalue weighted by Crippen LogP contribution is 2.43. The van der Waals surface area contributed by atoms with Gasteiger partial charge in [0.05, 0.1) is 30.3 Å². The number of hydrogen-bond acceptors (Lipinski definition) is 7. The second-order valence-electron chi connectivity index (χ2n) is 4.86. The van der Waals surface area contributed by atoms with E-state index in [1.165, 1.54) is 17.2 Å². The van der Waals surface area contributed by atoms with Gasteiger partial charge in [0.1, 0.15) is 21.8 Å². The van der Waals surface area contributed by atoms with Gasteiger partial charge >= 0.3 is 6.09 Å². The summed E-state index contributed by atoms with van der Waals surface area (Å²) in [5, 5.41) is 11.0. The fourth-order valence-corrected chi connectivity index (χ4v) is 3.41. The molecule has 0 saturated carbocycles. The lowest BCUT2D eigenvalue weighted by Gasteiger charge is -2.27. The zero-order valence-corrected chi connectivity index (χ0v) is 16.3. The molecule has 25 heavy (non-hydrogen) atoms. The molecule has 1 aliphatic heterocycles. The van der Waals surface area contributed by atoms with Crippen molar-refractivity contribution in [3.8, 4) is 5.75 Å². The summed E-state index contributed by atoms with van der Waals surface area (Å²) in [4.78, 5) is 23.7. The van der Waals surface area contributed by atoms with Crippen LogP contribution in [0.1, 0.15) is 6.92 Å². The number of hydrogen-bond donors (Lipinski definition) is 1. The Kier molecular flexibility index (Phi) is 6.48. The number of halogens is 2. The number of anilines is 1. The normalized spacial score (nSPS) is 15.6. The third kappa shape index (κ3) is 4.54. The SMILES string of the molecule is CCOC(=O)N1CCOC(=COc2cc(Br)c([N+](=O)[O-])c(Br)c2N)C1. The van der Waals surface area contributed by atoms with Crippen molar-refractivity contribution in [1.29, 1.82) is 0 Å². The molecular formula is C14H15Br2N3O6. The molecule has 1 aliphatic rings. The van der Waals surface area contributed by atoms with Crippen LogP contribution in [0.2, 0.25) is 0 Å². The van der Waals surface area contributed by atoms with Gasteiger partial charge in [-0.2, -0.15) is 0 Å². The molecule has 0 aromatic heterocycles. The van der Waals surface area contributed by atoms with Crippen molar-refractivity contribution >= 4 is 49.3 Å². The number of carbonyl (C=O) groups excluding carboxylic acids is 1. The van der Waals surface area contributed by atoms with E-state index >= 15 is 0 Å². The molecule has 1 saturated heterocycles. The van der Waals surface area contributed by atoms with Crippen molar-refractivity contribution in [3.63, 3.8) is 0 Å². The summed E-state index contributed by atoms with van der Waals surface area (Å²) in [6, 6.07) is 1.39. The molecule has 1 aromatic carbocycles. The van der Waals surface area contributed by atoms with E-state index in [1.807, 2.05) is 0 Å². The lowest BCUT2D eigenvalue weighted by Crippen LogP contribution is -2.40. The van der Waals surface area contributed by atoms with E-state index in [4.69, 9.17) is 19.9 Å². The molecule has 0 atom stereocenters. The summed E-state index contributed by atoms with van der Waals surface area (Å²) < 4.78 is 16.2. The lowest BCUT2D eigenvalue weighted by atomic mass is 10.2. The van der Waals surface area contributed by atoms with Crippen molar-refractivity contribution in [2.45, 2.75) is 6.92 Å². The number of morpholine rings is 1. The largest absolute Gasteiger partial charge is 0.491 e. The van der Waals surface area contributed by atoms with Crippen LogP contribution < -0.4 is 10.5 Å². The van der Waals surface area contributed by atoms with Crippen molar-refractivity contribution in [2.24, 2.45) is 0 Å². The van der Waals surface area contributed by atoms with Crippen molar-refractivity contribution in [3.05, 3.63) is 37.1 Å². The minimum absolute atomic E-state index is 0.0739. The molecule has 0 spiro atoms. The van der Waals surface area contributed by atoms with Gasteiger partial charge < -0.3 is 19.9 Å². The Labute approximate surface area is 160 Å². The minimum atomic E-state index is -0.561. The smallest absolute Gasteiger partial charge is 0.410 e. The fourth-order valence-electron chi connectivity index (χ4n) is 2.04. The predicted molar refractivity (Wildman–Crippen MR) is 96.2 cm³/mol. The fraction of sp³-hybridized carbons (Fsp3) is 0.357. The van der Waals surface area contributed by atoms with E-state index in [9.17, 15) is 14.9 Å². The van der Waals surface area contributed by atoms with Crippen molar-refractivity contribution in [1.82, 2.24) is 4.90 Å². The molecule has 2 N–H and O–H groups in total. The Morgan fingerprint density at radius 1 is 1.56 bits per heavy atom. The molecule has 1 fully saturated rings. The summed E-state index contributed by atoms with van der Waals surface area (Å²) in [7, 11) is 0. The third-order valence-electron chi connectivity index (χ3n) is 3.22. The van der Waals surface area contributed by atoms with Crippen molar-refractivity contribution < 1.29 is 23.9 Å². The van der Waals surface area contributed by atoms with Gasteiger partial charge in [0, 0.05) is 6.07 Å². The maximum Gasteiger partial charge on any atom is 0.410 e. The summed E-state index contributed by atoms with van der Waals surface area (Å²) >= 11 is 6.21. The number of nitro groups is 1. The molecule has 0 radical (unpaired) electrons. The highest BCUT2D eigenvalue weighted by Gasteiger charge is 2.24. The average Bonchev–Trinajstić information content (AvgIpc) is 2.57. The average molecular weight is 481 g/mol. The predicted octanol–water partition coefficient (Wildman–Crippen LogP) is 3.41. The number of amides is 1. The molecule has 1 aromatic rings. The number of carbonyl (C=O) groups is 1.